The molecule has 1 amide bonds. The van der Waals surface area contributed by atoms with Gasteiger partial charge in [0.05, 0.1) is 22.6 Å². The molecule has 1 aliphatic rings. The fourth-order valence-corrected chi connectivity index (χ4v) is 4.14. The number of likely N-dealkylation sites (tertiary alicyclic amines) is 1. The van der Waals surface area contributed by atoms with Crippen molar-refractivity contribution in [2.45, 2.75) is 39.8 Å². The highest BCUT2D eigenvalue weighted by molar-refractivity contribution is 6.46. The minimum atomic E-state index is -0.863. The number of nitro benzene ring substituents is 1. The number of carbonyl (C=O) groups is 2. The molecular formula is C26H31N3O6. The Morgan fingerprint density at radius 2 is 1.69 bits per heavy atom. The van der Waals surface area contributed by atoms with Gasteiger partial charge in [-0.15, -0.1) is 0 Å². The fraction of sp³-hybridized carbons (Fsp3) is 0.385. The number of hydrogen-bond acceptors (Lipinski definition) is 7. The van der Waals surface area contributed by atoms with Crippen molar-refractivity contribution in [3.8, 4) is 5.75 Å². The average molecular weight is 482 g/mol. The molecule has 9 nitrogen and oxygen atoms in total. The van der Waals surface area contributed by atoms with Crippen molar-refractivity contribution < 1.29 is 24.4 Å². The maximum absolute atomic E-state index is 13.1. The van der Waals surface area contributed by atoms with Gasteiger partial charge in [0.1, 0.15) is 11.5 Å². The Hall–Kier alpha value is -3.72. The molecule has 2 aromatic carbocycles. The van der Waals surface area contributed by atoms with Crippen molar-refractivity contribution in [3.63, 3.8) is 0 Å². The van der Waals surface area contributed by atoms with E-state index in [0.717, 1.165) is 13.1 Å². The molecule has 1 saturated heterocycles. The maximum atomic E-state index is 13.1. The summed E-state index contributed by atoms with van der Waals surface area (Å²) < 4.78 is 5.64. The zero-order chi connectivity index (χ0) is 25.7. The van der Waals surface area contributed by atoms with Crippen LogP contribution in [0.5, 0.6) is 5.75 Å². The lowest BCUT2D eigenvalue weighted by molar-refractivity contribution is -0.384. The number of benzene rings is 2. The van der Waals surface area contributed by atoms with E-state index in [9.17, 15) is 24.8 Å². The van der Waals surface area contributed by atoms with Crippen LogP contribution in [-0.4, -0.2) is 63.8 Å². The molecule has 35 heavy (non-hydrogen) atoms. The normalized spacial score (nSPS) is 17.4. The average Bonchev–Trinajstić information content (AvgIpc) is 3.09. The number of carbonyl (C=O) groups excluding carboxylic acids is 2. The molecule has 0 aliphatic carbocycles. The third-order valence-electron chi connectivity index (χ3n) is 6.01. The molecule has 1 N–H and O–H groups in total. The van der Waals surface area contributed by atoms with Crippen LogP contribution in [0.3, 0.4) is 0 Å². The summed E-state index contributed by atoms with van der Waals surface area (Å²) in [6.45, 7) is 10.2. The van der Waals surface area contributed by atoms with Crippen LogP contribution < -0.4 is 4.74 Å². The molecule has 3 rings (SSSR count). The highest BCUT2D eigenvalue weighted by Crippen LogP contribution is 2.39. The van der Waals surface area contributed by atoms with Gasteiger partial charge < -0.3 is 19.6 Å². The summed E-state index contributed by atoms with van der Waals surface area (Å²) in [6.07, 6.45) is -0.0206. The summed E-state index contributed by atoms with van der Waals surface area (Å²) in [7, 11) is 0. The Morgan fingerprint density at radius 1 is 1.09 bits per heavy atom. The molecule has 1 fully saturated rings. The number of rotatable bonds is 10. The lowest BCUT2D eigenvalue weighted by Crippen LogP contribution is -2.38. The number of non-ortho nitro benzene ring substituents is 1. The van der Waals surface area contributed by atoms with Crippen molar-refractivity contribution in [3.05, 3.63) is 75.3 Å². The molecule has 0 radical (unpaired) electrons. The molecule has 0 spiro atoms. The molecule has 1 unspecified atom stereocenters. The highest BCUT2D eigenvalue weighted by atomic mass is 16.6. The van der Waals surface area contributed by atoms with Gasteiger partial charge in [-0.1, -0.05) is 13.8 Å². The van der Waals surface area contributed by atoms with E-state index in [4.69, 9.17) is 4.74 Å². The zero-order valence-electron chi connectivity index (χ0n) is 20.4. The standard InChI is InChI=1S/C26H31N3O6/c1-5-27(6-2)15-16-28-23(18-7-11-20(12-8-18)29(33)34)22(25(31)26(28)32)24(30)19-9-13-21(14-10-19)35-17(3)4/h7-14,17,23,30H,5-6,15-16H2,1-4H3/b24-22-. The van der Waals surface area contributed by atoms with Crippen LogP contribution >= 0.6 is 0 Å². The topological polar surface area (TPSA) is 113 Å². The van der Waals surface area contributed by atoms with Gasteiger partial charge in [-0.25, -0.2) is 0 Å². The quantitative estimate of drug-likeness (QED) is 0.178. The van der Waals surface area contributed by atoms with Crippen LogP contribution in [-0.2, 0) is 9.59 Å². The minimum absolute atomic E-state index is 0.0206. The van der Waals surface area contributed by atoms with Gasteiger partial charge in [-0.3, -0.25) is 19.7 Å². The molecular weight excluding hydrogens is 450 g/mol. The molecule has 1 aliphatic heterocycles. The van der Waals surface area contributed by atoms with Gasteiger partial charge >= 0.3 is 0 Å². The predicted octanol–water partition coefficient (Wildman–Crippen LogP) is 4.15. The number of hydrogen-bond donors (Lipinski definition) is 1. The smallest absolute Gasteiger partial charge is 0.295 e. The van der Waals surface area contributed by atoms with Gasteiger partial charge in [-0.05, 0) is 68.9 Å². The summed E-state index contributed by atoms with van der Waals surface area (Å²) in [5.74, 6) is -1.17. The SMILES string of the molecule is CCN(CC)CCN1C(=O)C(=O)/C(=C(\O)c2ccc(OC(C)C)cc2)C1c1ccc([N+](=O)[O-])cc1. The van der Waals surface area contributed by atoms with Crippen LogP contribution in [0.1, 0.15) is 44.9 Å². The van der Waals surface area contributed by atoms with Crippen LogP contribution in [0.25, 0.3) is 5.76 Å². The molecule has 0 bridgehead atoms. The first-order valence-electron chi connectivity index (χ1n) is 11.7. The Morgan fingerprint density at radius 3 is 2.20 bits per heavy atom. The first kappa shape index (κ1) is 25.9. The first-order chi connectivity index (χ1) is 16.7. The van der Waals surface area contributed by atoms with E-state index in [2.05, 4.69) is 4.90 Å². The van der Waals surface area contributed by atoms with E-state index in [1.165, 1.54) is 29.2 Å². The van der Waals surface area contributed by atoms with Crippen LogP contribution in [0, 0.1) is 10.1 Å². The highest BCUT2D eigenvalue weighted by Gasteiger charge is 2.46. The third kappa shape index (κ3) is 5.68. The van der Waals surface area contributed by atoms with Crippen molar-refractivity contribution in [1.82, 2.24) is 9.80 Å². The number of nitrogens with zero attached hydrogens (tertiary/aromatic N) is 3. The summed E-state index contributed by atoms with van der Waals surface area (Å²) in [6, 6.07) is 11.5. The van der Waals surface area contributed by atoms with Crippen LogP contribution in [0.2, 0.25) is 0 Å². The first-order valence-corrected chi connectivity index (χ1v) is 11.7. The number of aliphatic hydroxyl groups is 1. The van der Waals surface area contributed by atoms with Crippen LogP contribution in [0.15, 0.2) is 54.1 Å². The molecule has 9 heteroatoms. The number of ketones is 1. The summed E-state index contributed by atoms with van der Waals surface area (Å²) in [4.78, 5) is 40.4. The second kappa shape index (κ2) is 11.1. The minimum Gasteiger partial charge on any atom is -0.507 e. The second-order valence-electron chi connectivity index (χ2n) is 8.56. The zero-order valence-corrected chi connectivity index (χ0v) is 20.4. The number of likely N-dealkylation sites (N-methyl/N-ethyl adjacent to an activating group) is 1. The maximum Gasteiger partial charge on any atom is 0.295 e. The fourth-order valence-electron chi connectivity index (χ4n) is 4.14. The summed E-state index contributed by atoms with van der Waals surface area (Å²) in [5.41, 5.74) is 0.737. The lowest BCUT2D eigenvalue weighted by Gasteiger charge is -2.28. The molecule has 1 heterocycles. The van der Waals surface area contributed by atoms with Gasteiger partial charge in [0, 0.05) is 30.8 Å². The van der Waals surface area contributed by atoms with Crippen molar-refractivity contribution in [2.24, 2.45) is 0 Å². The van der Waals surface area contributed by atoms with E-state index >= 15 is 0 Å². The number of amides is 1. The lowest BCUT2D eigenvalue weighted by atomic mass is 9.95. The van der Waals surface area contributed by atoms with Gasteiger partial charge in [0.2, 0.25) is 0 Å². The van der Waals surface area contributed by atoms with Gasteiger partial charge in [0.25, 0.3) is 17.4 Å². The number of nitro groups is 1. The van der Waals surface area contributed by atoms with E-state index in [1.54, 1.807) is 24.3 Å². The third-order valence-corrected chi connectivity index (χ3v) is 6.01. The van der Waals surface area contributed by atoms with E-state index in [0.29, 0.717) is 23.4 Å². The molecule has 0 aromatic heterocycles. The van der Waals surface area contributed by atoms with Gasteiger partial charge in [0.15, 0.2) is 0 Å². The summed E-state index contributed by atoms with van der Waals surface area (Å²) in [5, 5.41) is 22.3. The van der Waals surface area contributed by atoms with Crippen LogP contribution in [0.4, 0.5) is 5.69 Å². The molecule has 2 aromatic rings. The van der Waals surface area contributed by atoms with Crippen molar-refractivity contribution in [2.75, 3.05) is 26.2 Å². The Bertz CT molecular complexity index is 1100. The van der Waals surface area contributed by atoms with E-state index in [1.807, 2.05) is 27.7 Å². The predicted molar refractivity (Wildman–Crippen MR) is 132 cm³/mol. The molecule has 1 atom stereocenters. The summed E-state index contributed by atoms with van der Waals surface area (Å²) >= 11 is 0. The number of Topliss-reactive ketones (excluding diaryl/α,β-unsaturated/α-hetero) is 1. The van der Waals surface area contributed by atoms with E-state index < -0.39 is 22.7 Å². The van der Waals surface area contributed by atoms with Gasteiger partial charge in [-0.2, -0.15) is 0 Å². The van der Waals surface area contributed by atoms with Crippen molar-refractivity contribution >= 4 is 23.1 Å². The van der Waals surface area contributed by atoms with Crippen molar-refractivity contribution in [1.29, 1.82) is 0 Å². The molecule has 0 saturated carbocycles. The second-order valence-corrected chi connectivity index (χ2v) is 8.56. The monoisotopic (exact) mass is 481 g/mol. The number of ether oxygens (including phenoxy) is 1. The number of aliphatic hydroxyl groups excluding tert-OH is 1. The Balaban J connectivity index is 2.06. The largest absolute Gasteiger partial charge is 0.507 e. The Labute approximate surface area is 204 Å². The Kier molecular flexibility index (Phi) is 8.24. The van der Waals surface area contributed by atoms with E-state index in [-0.39, 0.29) is 29.7 Å². The molecule has 186 valence electrons.